The van der Waals surface area contributed by atoms with Crippen molar-refractivity contribution in [1.29, 1.82) is 0 Å². The second kappa shape index (κ2) is 7.15. The predicted molar refractivity (Wildman–Crippen MR) is 115 cm³/mol. The molecular weight excluding hydrogens is 462 g/mol. The Balaban J connectivity index is 1.86. The number of aliphatic hydroxyl groups is 2. The number of carbonyl (C=O) groups excluding carboxylic acids is 1. The topological polar surface area (TPSA) is 88.9 Å². The van der Waals surface area contributed by atoms with Crippen LogP contribution in [-0.2, 0) is 20.7 Å². The number of benzene rings is 2. The molecule has 0 radical (unpaired) electrons. The summed E-state index contributed by atoms with van der Waals surface area (Å²) in [6, 6.07) is 20.0. The van der Waals surface area contributed by atoms with Gasteiger partial charge in [0.05, 0.1) is 13.0 Å². The van der Waals surface area contributed by atoms with Crippen molar-refractivity contribution in [3.63, 3.8) is 0 Å². The molecule has 0 saturated heterocycles. The number of esters is 1. The van der Waals surface area contributed by atoms with Crippen molar-refractivity contribution in [2.24, 2.45) is 5.92 Å². The number of aromatic nitrogens is 1. The van der Waals surface area contributed by atoms with Gasteiger partial charge < -0.3 is 19.7 Å². The summed E-state index contributed by atoms with van der Waals surface area (Å²) in [5, 5.41) is 23.7. The van der Waals surface area contributed by atoms with Gasteiger partial charge in [-0.3, -0.25) is 9.78 Å². The van der Waals surface area contributed by atoms with E-state index >= 15 is 0 Å². The van der Waals surface area contributed by atoms with Crippen LogP contribution in [0.25, 0.3) is 0 Å². The number of halogens is 1. The zero-order valence-electron chi connectivity index (χ0n) is 16.6. The van der Waals surface area contributed by atoms with Crippen molar-refractivity contribution in [2.75, 3.05) is 7.11 Å². The van der Waals surface area contributed by atoms with E-state index in [9.17, 15) is 15.0 Å². The highest BCUT2D eigenvalue weighted by molar-refractivity contribution is 9.10. The molecule has 2 aromatic carbocycles. The quantitative estimate of drug-likeness (QED) is 0.558. The van der Waals surface area contributed by atoms with Gasteiger partial charge in [-0.2, -0.15) is 0 Å². The molecule has 1 aliphatic heterocycles. The molecule has 1 aliphatic carbocycles. The van der Waals surface area contributed by atoms with E-state index < -0.39 is 35.1 Å². The fourth-order valence-electron chi connectivity index (χ4n) is 5.20. The van der Waals surface area contributed by atoms with Crippen molar-refractivity contribution in [3.05, 3.63) is 94.2 Å². The van der Waals surface area contributed by atoms with E-state index in [1.807, 2.05) is 54.6 Å². The minimum Gasteiger partial charge on any atom is -0.476 e. The molecule has 1 saturated carbocycles. The van der Waals surface area contributed by atoms with Crippen LogP contribution in [0.3, 0.4) is 0 Å². The molecule has 0 spiro atoms. The minimum atomic E-state index is -1.98. The molecule has 5 rings (SSSR count). The van der Waals surface area contributed by atoms with Gasteiger partial charge in [0, 0.05) is 16.6 Å². The lowest BCUT2D eigenvalue weighted by Gasteiger charge is -2.40. The maximum Gasteiger partial charge on any atom is 0.312 e. The number of rotatable bonds is 3. The molecule has 1 fully saturated rings. The summed E-state index contributed by atoms with van der Waals surface area (Å²) in [5.41, 5.74) is -1.90. The average molecular weight is 482 g/mol. The molecule has 2 N–H and O–H groups in total. The number of nitrogens with zero attached hydrogens (tertiary/aromatic N) is 1. The smallest absolute Gasteiger partial charge is 0.312 e. The van der Waals surface area contributed by atoms with Crippen LogP contribution in [0.1, 0.15) is 22.7 Å². The zero-order chi connectivity index (χ0) is 21.8. The fraction of sp³-hybridized carbons (Fsp3) is 0.250. The first-order valence-corrected chi connectivity index (χ1v) is 10.7. The van der Waals surface area contributed by atoms with Gasteiger partial charge in [0.25, 0.3) is 0 Å². The van der Waals surface area contributed by atoms with Crippen LogP contribution < -0.4 is 4.74 Å². The van der Waals surface area contributed by atoms with E-state index in [0.717, 1.165) is 10.0 Å². The SMILES string of the molecule is COC(=O)[C@H]1[C@@H](O)[C@@]2(O)c3ncccc3O[C@@]2(c2ccc(Br)cc2)[C@@H]1c1ccccc1. The van der Waals surface area contributed by atoms with Crippen LogP contribution in [0, 0.1) is 5.92 Å². The van der Waals surface area contributed by atoms with Gasteiger partial charge in [0.1, 0.15) is 17.5 Å². The van der Waals surface area contributed by atoms with Gasteiger partial charge in [-0.05, 0) is 35.4 Å². The third kappa shape index (κ3) is 2.57. The molecule has 7 heteroatoms. The van der Waals surface area contributed by atoms with E-state index in [1.165, 1.54) is 13.3 Å². The fourth-order valence-corrected chi connectivity index (χ4v) is 5.47. The van der Waals surface area contributed by atoms with E-state index in [4.69, 9.17) is 9.47 Å². The summed E-state index contributed by atoms with van der Waals surface area (Å²) in [6.45, 7) is 0. The highest BCUT2D eigenvalue weighted by Gasteiger charge is 2.78. The van der Waals surface area contributed by atoms with Crippen LogP contribution in [-0.4, -0.2) is 34.4 Å². The maximum atomic E-state index is 12.9. The van der Waals surface area contributed by atoms with Gasteiger partial charge in [-0.1, -0.05) is 58.4 Å². The molecule has 0 bridgehead atoms. The normalized spacial score (nSPS) is 30.9. The molecule has 5 atom stereocenters. The Morgan fingerprint density at radius 2 is 1.81 bits per heavy atom. The summed E-state index contributed by atoms with van der Waals surface area (Å²) >= 11 is 3.45. The van der Waals surface area contributed by atoms with Crippen molar-refractivity contribution in [2.45, 2.75) is 23.2 Å². The Morgan fingerprint density at radius 1 is 1.10 bits per heavy atom. The molecule has 0 unspecified atom stereocenters. The van der Waals surface area contributed by atoms with E-state index in [0.29, 0.717) is 11.3 Å². The third-order valence-electron chi connectivity index (χ3n) is 6.44. The lowest BCUT2D eigenvalue weighted by atomic mass is 9.71. The number of hydrogen-bond acceptors (Lipinski definition) is 6. The number of aliphatic hydroxyl groups excluding tert-OH is 1. The lowest BCUT2D eigenvalue weighted by molar-refractivity contribution is -0.162. The van der Waals surface area contributed by atoms with Crippen LogP contribution in [0.5, 0.6) is 5.75 Å². The summed E-state index contributed by atoms with van der Waals surface area (Å²) in [7, 11) is 1.27. The van der Waals surface area contributed by atoms with Gasteiger partial charge in [0.15, 0.2) is 11.2 Å². The molecule has 3 aromatic rings. The number of pyridine rings is 1. The van der Waals surface area contributed by atoms with E-state index in [2.05, 4.69) is 20.9 Å². The Bertz CT molecular complexity index is 1140. The van der Waals surface area contributed by atoms with Crippen LogP contribution >= 0.6 is 15.9 Å². The van der Waals surface area contributed by atoms with Gasteiger partial charge >= 0.3 is 5.97 Å². The summed E-state index contributed by atoms with van der Waals surface area (Å²) in [5.74, 6) is -2.06. The first kappa shape index (κ1) is 20.2. The summed E-state index contributed by atoms with van der Waals surface area (Å²) in [4.78, 5) is 17.3. The molecule has 2 heterocycles. The number of methoxy groups -OCH3 is 1. The predicted octanol–water partition coefficient (Wildman–Crippen LogP) is 3.27. The Morgan fingerprint density at radius 3 is 2.48 bits per heavy atom. The highest BCUT2D eigenvalue weighted by atomic mass is 79.9. The molecular formula is C24H20BrNO5. The number of carbonyl (C=O) groups is 1. The van der Waals surface area contributed by atoms with Crippen molar-refractivity contribution >= 4 is 21.9 Å². The van der Waals surface area contributed by atoms with E-state index in [-0.39, 0.29) is 5.69 Å². The molecule has 158 valence electrons. The Kier molecular flexibility index (Phi) is 4.66. The summed E-state index contributed by atoms with van der Waals surface area (Å²) in [6.07, 6.45) is 0.0260. The van der Waals surface area contributed by atoms with Gasteiger partial charge in [-0.25, -0.2) is 0 Å². The first-order valence-electron chi connectivity index (χ1n) is 9.89. The monoisotopic (exact) mass is 481 g/mol. The van der Waals surface area contributed by atoms with Crippen molar-refractivity contribution in [3.8, 4) is 5.75 Å². The number of fused-ring (bicyclic) bond motifs is 3. The molecule has 6 nitrogen and oxygen atoms in total. The highest BCUT2D eigenvalue weighted by Crippen LogP contribution is 2.68. The van der Waals surface area contributed by atoms with Gasteiger partial charge in [-0.15, -0.1) is 0 Å². The average Bonchev–Trinajstić information content (AvgIpc) is 3.18. The van der Waals surface area contributed by atoms with Crippen molar-refractivity contribution < 1.29 is 24.5 Å². The van der Waals surface area contributed by atoms with Crippen LogP contribution in [0.2, 0.25) is 0 Å². The second-order valence-electron chi connectivity index (χ2n) is 7.84. The lowest BCUT2D eigenvalue weighted by Crippen LogP contribution is -2.52. The molecule has 0 amide bonds. The molecule has 2 aliphatic rings. The largest absolute Gasteiger partial charge is 0.476 e. The van der Waals surface area contributed by atoms with Crippen LogP contribution in [0.15, 0.2) is 77.4 Å². The molecule has 1 aromatic heterocycles. The van der Waals surface area contributed by atoms with Crippen molar-refractivity contribution in [1.82, 2.24) is 4.98 Å². The van der Waals surface area contributed by atoms with E-state index in [1.54, 1.807) is 12.1 Å². The number of hydrogen-bond donors (Lipinski definition) is 2. The molecule has 31 heavy (non-hydrogen) atoms. The van der Waals surface area contributed by atoms with Gasteiger partial charge in [0.2, 0.25) is 0 Å². The zero-order valence-corrected chi connectivity index (χ0v) is 18.2. The Labute approximate surface area is 187 Å². The standard InChI is InChI=1S/C24H20BrNO5/c1-30-22(28)18-19(14-6-3-2-4-7-14)24(15-9-11-16(25)12-10-15)23(29,21(18)27)20-17(31-24)8-5-13-26-20/h2-13,18-19,21,27,29H,1H3/t18-,19-,21-,23+,24+/m1/s1. The second-order valence-corrected chi connectivity index (χ2v) is 8.76. The maximum absolute atomic E-state index is 12.9. The third-order valence-corrected chi connectivity index (χ3v) is 6.97. The number of ether oxygens (including phenoxy) is 2. The summed E-state index contributed by atoms with van der Waals surface area (Å²) < 4.78 is 12.4. The first-order chi connectivity index (χ1) is 14.9. The van der Waals surface area contributed by atoms with Crippen LogP contribution in [0.4, 0.5) is 0 Å². The Hall–Kier alpha value is -2.74. The minimum absolute atomic E-state index is 0.206.